The molecule has 0 radical (unpaired) electrons. The molecule has 0 bridgehead atoms. The Morgan fingerprint density at radius 3 is 2.50 bits per heavy atom. The lowest BCUT2D eigenvalue weighted by molar-refractivity contribution is -0.130. The smallest absolute Gasteiger partial charge is 0.275 e. The van der Waals surface area contributed by atoms with Gasteiger partial charge in [0.05, 0.1) is 11.4 Å². The van der Waals surface area contributed by atoms with Crippen LogP contribution in [0.25, 0.3) is 15.5 Å². The Bertz CT molecular complexity index is 1350. The van der Waals surface area contributed by atoms with Crippen LogP contribution in [0, 0.1) is 0 Å². The highest BCUT2D eigenvalue weighted by molar-refractivity contribution is 8.00. The van der Waals surface area contributed by atoms with E-state index >= 15 is 0 Å². The molecule has 7 nitrogen and oxygen atoms in total. The maximum atomic E-state index is 12.6. The maximum absolute atomic E-state index is 12.6. The molecule has 0 unspecified atom stereocenters. The van der Waals surface area contributed by atoms with E-state index in [0.717, 1.165) is 34.2 Å². The van der Waals surface area contributed by atoms with Crippen LogP contribution in [0.5, 0.6) is 0 Å². The van der Waals surface area contributed by atoms with Crippen LogP contribution in [-0.4, -0.2) is 62.2 Å². The standard InChI is InChI=1S/C24H22ClN5O2S2/c25-18-6-8-20(9-7-18)33-16-22(32)29-12-10-28(11-13-29)15-19-14-21(31)30-24(26-19)34-23(27-30)17-4-2-1-3-5-17/h1-9,14H,10-13,15-16H2. The Balaban J connectivity index is 1.18. The summed E-state index contributed by atoms with van der Waals surface area (Å²) in [5, 5.41) is 5.90. The van der Waals surface area contributed by atoms with Crippen molar-refractivity contribution >= 4 is 45.6 Å². The third-order valence-electron chi connectivity index (χ3n) is 5.61. The number of amides is 1. The molecule has 1 amide bonds. The van der Waals surface area contributed by atoms with E-state index in [-0.39, 0.29) is 11.5 Å². The molecule has 174 valence electrons. The van der Waals surface area contributed by atoms with Crippen LogP contribution in [0.2, 0.25) is 5.02 Å². The number of piperazine rings is 1. The van der Waals surface area contributed by atoms with Gasteiger partial charge in [-0.25, -0.2) is 4.98 Å². The van der Waals surface area contributed by atoms with Gasteiger partial charge in [0.25, 0.3) is 5.56 Å². The molecule has 0 spiro atoms. The van der Waals surface area contributed by atoms with Crippen molar-refractivity contribution < 1.29 is 4.79 Å². The summed E-state index contributed by atoms with van der Waals surface area (Å²) in [6, 6.07) is 18.9. The van der Waals surface area contributed by atoms with Crippen LogP contribution in [0.3, 0.4) is 0 Å². The van der Waals surface area contributed by atoms with E-state index in [0.29, 0.717) is 35.4 Å². The van der Waals surface area contributed by atoms with Crippen molar-refractivity contribution in [3.63, 3.8) is 0 Å². The fraction of sp³-hybridized carbons (Fsp3) is 0.250. The zero-order chi connectivity index (χ0) is 23.5. The first kappa shape index (κ1) is 23.0. The maximum Gasteiger partial charge on any atom is 0.275 e. The molecule has 1 aliphatic heterocycles. The average molecular weight is 512 g/mol. The second-order valence-corrected chi connectivity index (χ2v) is 10.4. The first-order valence-corrected chi connectivity index (χ1v) is 13.1. The fourth-order valence-corrected chi connectivity index (χ4v) is 5.64. The second-order valence-electron chi connectivity index (χ2n) is 7.95. The molecular weight excluding hydrogens is 490 g/mol. The van der Waals surface area contributed by atoms with Gasteiger partial charge in [-0.2, -0.15) is 9.61 Å². The minimum Gasteiger partial charge on any atom is -0.339 e. The number of halogens is 1. The van der Waals surface area contributed by atoms with Crippen LogP contribution >= 0.6 is 34.7 Å². The Labute approximate surface area is 210 Å². The zero-order valence-electron chi connectivity index (χ0n) is 18.3. The normalized spacial score (nSPS) is 14.6. The van der Waals surface area contributed by atoms with Gasteiger partial charge in [-0.1, -0.05) is 53.3 Å². The SMILES string of the molecule is O=C(CSc1ccc(Cl)cc1)N1CCN(Cc2cc(=O)n3nc(-c4ccccc4)sc3n2)CC1. The lowest BCUT2D eigenvalue weighted by Gasteiger charge is -2.34. The van der Waals surface area contributed by atoms with Crippen molar-refractivity contribution in [2.45, 2.75) is 11.4 Å². The summed E-state index contributed by atoms with van der Waals surface area (Å²) in [7, 11) is 0. The van der Waals surface area contributed by atoms with E-state index in [2.05, 4.69) is 15.0 Å². The number of thioether (sulfide) groups is 1. The van der Waals surface area contributed by atoms with Gasteiger partial charge in [0.15, 0.2) is 0 Å². The average Bonchev–Trinajstić information content (AvgIpc) is 3.29. The van der Waals surface area contributed by atoms with Gasteiger partial charge >= 0.3 is 0 Å². The highest BCUT2D eigenvalue weighted by Gasteiger charge is 2.22. The summed E-state index contributed by atoms with van der Waals surface area (Å²) in [6.07, 6.45) is 0. The van der Waals surface area contributed by atoms with Gasteiger partial charge in [-0.3, -0.25) is 14.5 Å². The Hall–Kier alpha value is -2.72. The Morgan fingerprint density at radius 1 is 1.03 bits per heavy atom. The van der Waals surface area contributed by atoms with Gasteiger partial charge in [-0.15, -0.1) is 11.8 Å². The molecule has 10 heteroatoms. The molecule has 1 saturated heterocycles. The number of carbonyl (C=O) groups is 1. The summed E-state index contributed by atoms with van der Waals surface area (Å²) < 4.78 is 1.37. The van der Waals surface area contributed by atoms with E-state index in [4.69, 9.17) is 11.6 Å². The zero-order valence-corrected chi connectivity index (χ0v) is 20.7. The molecule has 1 aliphatic rings. The number of fused-ring (bicyclic) bond motifs is 1. The lowest BCUT2D eigenvalue weighted by Crippen LogP contribution is -2.49. The van der Waals surface area contributed by atoms with Crippen molar-refractivity contribution in [2.75, 3.05) is 31.9 Å². The Kier molecular flexibility index (Phi) is 6.96. The highest BCUT2D eigenvalue weighted by Crippen LogP contribution is 2.24. The van der Waals surface area contributed by atoms with Crippen LogP contribution in [-0.2, 0) is 11.3 Å². The molecular formula is C24H22ClN5O2S2. The summed E-state index contributed by atoms with van der Waals surface area (Å²) in [6.45, 7) is 3.40. The third kappa shape index (κ3) is 5.33. The van der Waals surface area contributed by atoms with Gasteiger partial charge in [0, 0.05) is 54.3 Å². The van der Waals surface area contributed by atoms with Crippen molar-refractivity contribution in [1.82, 2.24) is 24.4 Å². The van der Waals surface area contributed by atoms with E-state index in [1.165, 1.54) is 27.6 Å². The van der Waals surface area contributed by atoms with Crippen molar-refractivity contribution in [3.05, 3.63) is 81.7 Å². The van der Waals surface area contributed by atoms with Crippen molar-refractivity contribution in [1.29, 1.82) is 0 Å². The Morgan fingerprint density at radius 2 is 1.76 bits per heavy atom. The van der Waals surface area contributed by atoms with E-state index in [1.807, 2.05) is 59.5 Å². The summed E-state index contributed by atoms with van der Waals surface area (Å²) in [5.74, 6) is 0.543. The van der Waals surface area contributed by atoms with E-state index < -0.39 is 0 Å². The van der Waals surface area contributed by atoms with Gasteiger partial charge in [0.2, 0.25) is 10.9 Å². The molecule has 2 aromatic carbocycles. The number of nitrogens with zero attached hydrogens (tertiary/aromatic N) is 5. The molecule has 0 aliphatic carbocycles. The summed E-state index contributed by atoms with van der Waals surface area (Å²) in [4.78, 5) is 35.7. The molecule has 3 heterocycles. The minimum atomic E-state index is -0.175. The molecule has 1 fully saturated rings. The summed E-state index contributed by atoms with van der Waals surface area (Å²) >= 11 is 8.85. The predicted octanol–water partition coefficient (Wildman–Crippen LogP) is 3.91. The quantitative estimate of drug-likeness (QED) is 0.366. The molecule has 4 aromatic rings. The summed E-state index contributed by atoms with van der Waals surface area (Å²) in [5.41, 5.74) is 1.52. The number of aromatic nitrogens is 3. The van der Waals surface area contributed by atoms with Crippen LogP contribution in [0.4, 0.5) is 0 Å². The molecule has 5 rings (SSSR count). The van der Waals surface area contributed by atoms with Gasteiger partial charge in [-0.05, 0) is 24.3 Å². The predicted molar refractivity (Wildman–Crippen MR) is 137 cm³/mol. The minimum absolute atomic E-state index is 0.135. The topological polar surface area (TPSA) is 70.8 Å². The molecule has 0 saturated carbocycles. The lowest BCUT2D eigenvalue weighted by atomic mass is 10.2. The van der Waals surface area contributed by atoms with Gasteiger partial charge < -0.3 is 4.90 Å². The molecule has 2 aromatic heterocycles. The third-order valence-corrected chi connectivity index (χ3v) is 7.81. The monoisotopic (exact) mass is 511 g/mol. The number of benzene rings is 2. The first-order chi connectivity index (χ1) is 16.5. The second kappa shape index (κ2) is 10.3. The number of hydrogen-bond acceptors (Lipinski definition) is 7. The van der Waals surface area contributed by atoms with Gasteiger partial charge in [0.1, 0.15) is 5.01 Å². The molecule has 34 heavy (non-hydrogen) atoms. The van der Waals surface area contributed by atoms with Crippen LogP contribution in [0.1, 0.15) is 5.69 Å². The van der Waals surface area contributed by atoms with Crippen molar-refractivity contribution in [2.24, 2.45) is 0 Å². The van der Waals surface area contributed by atoms with Crippen LogP contribution in [0.15, 0.2) is 70.4 Å². The molecule has 0 N–H and O–H groups in total. The number of carbonyl (C=O) groups excluding carboxylic acids is 1. The highest BCUT2D eigenvalue weighted by atomic mass is 35.5. The largest absolute Gasteiger partial charge is 0.339 e. The first-order valence-electron chi connectivity index (χ1n) is 10.9. The van der Waals surface area contributed by atoms with E-state index in [1.54, 1.807) is 6.07 Å². The van der Waals surface area contributed by atoms with E-state index in [9.17, 15) is 9.59 Å². The number of rotatable bonds is 6. The molecule has 0 atom stereocenters. The number of hydrogen-bond donors (Lipinski definition) is 0. The fourth-order valence-electron chi connectivity index (χ4n) is 3.79. The van der Waals surface area contributed by atoms with Crippen LogP contribution < -0.4 is 5.56 Å². The van der Waals surface area contributed by atoms with Crippen molar-refractivity contribution in [3.8, 4) is 10.6 Å².